The molecule has 0 radical (unpaired) electrons. The Kier molecular flexibility index (Phi) is 9.97. The molecule has 0 aromatic rings. The first-order valence-electron chi connectivity index (χ1n) is 4.98. The first-order valence-corrected chi connectivity index (χ1v) is 12.0. The van der Waals surface area contributed by atoms with Crippen LogP contribution in [0.1, 0.15) is 20.8 Å². The van der Waals surface area contributed by atoms with E-state index in [2.05, 4.69) is 15.1 Å². The zero-order chi connectivity index (χ0) is 12.4. The summed E-state index contributed by atoms with van der Waals surface area (Å²) in [5.74, 6) is -0.316. The van der Waals surface area contributed by atoms with Crippen molar-refractivity contribution in [1.82, 2.24) is 0 Å². The van der Waals surface area contributed by atoms with Crippen LogP contribution in [0.4, 0.5) is 0 Å². The third-order valence-corrected chi connectivity index (χ3v) is 10.9. The Morgan fingerprint density at radius 1 is 1.25 bits per heavy atom. The van der Waals surface area contributed by atoms with Gasteiger partial charge in [-0.3, -0.25) is 0 Å². The molecule has 0 unspecified atom stereocenters. The molecule has 94 valence electrons. The van der Waals surface area contributed by atoms with Gasteiger partial charge in [-0.2, -0.15) is 0 Å². The molecule has 0 aliphatic carbocycles. The standard InChI is InChI=1S/C9H17O4PSe2/c1-4-11-9(10)7-8-16-14(15,12-5-2)13-6-3/h7-8H,4-6H2,1-3H3/b8-7+. The summed E-state index contributed by atoms with van der Waals surface area (Å²) >= 11 is 2.98. The van der Waals surface area contributed by atoms with E-state index in [0.29, 0.717) is 19.8 Å². The van der Waals surface area contributed by atoms with Gasteiger partial charge in [0.25, 0.3) is 0 Å². The molecular weight excluding hydrogens is 361 g/mol. The van der Waals surface area contributed by atoms with Crippen LogP contribution in [0.3, 0.4) is 0 Å². The maximum absolute atomic E-state index is 11.1. The van der Waals surface area contributed by atoms with E-state index in [1.807, 2.05) is 13.8 Å². The third kappa shape index (κ3) is 7.80. The third-order valence-electron chi connectivity index (χ3n) is 1.26. The van der Waals surface area contributed by atoms with Gasteiger partial charge in [0.1, 0.15) is 0 Å². The van der Waals surface area contributed by atoms with Crippen molar-refractivity contribution in [2.45, 2.75) is 20.8 Å². The average molecular weight is 378 g/mol. The zero-order valence-corrected chi connectivity index (χ0v) is 14.0. The van der Waals surface area contributed by atoms with E-state index >= 15 is 0 Å². The van der Waals surface area contributed by atoms with Gasteiger partial charge in [-0.1, -0.05) is 0 Å². The van der Waals surface area contributed by atoms with Gasteiger partial charge >= 0.3 is 110 Å². The maximum atomic E-state index is 11.1. The molecule has 0 rings (SSSR count). The number of rotatable bonds is 8. The second kappa shape index (κ2) is 9.61. The summed E-state index contributed by atoms with van der Waals surface area (Å²) in [6.45, 7) is 7.24. The van der Waals surface area contributed by atoms with Gasteiger partial charge in [0.05, 0.1) is 0 Å². The monoisotopic (exact) mass is 380 g/mol. The summed E-state index contributed by atoms with van der Waals surface area (Å²) in [6, 6.07) is 0. The normalized spacial score (nSPS) is 11.9. The SMILES string of the molecule is CCOC(=O)/C=C/[Se]P(=[Se])(OCC)OCC. The summed E-state index contributed by atoms with van der Waals surface area (Å²) in [5, 5.41) is 0. The number of hydrogen-bond acceptors (Lipinski definition) is 4. The van der Waals surface area contributed by atoms with Crippen LogP contribution in [0.5, 0.6) is 0 Å². The fourth-order valence-corrected chi connectivity index (χ4v) is 8.40. The van der Waals surface area contributed by atoms with E-state index in [1.54, 1.807) is 11.9 Å². The first-order chi connectivity index (χ1) is 7.58. The molecule has 0 N–H and O–H groups in total. The van der Waals surface area contributed by atoms with Crippen LogP contribution in [0.15, 0.2) is 11.1 Å². The minimum atomic E-state index is -1.90. The number of hydrogen-bond donors (Lipinski definition) is 0. The van der Waals surface area contributed by atoms with Gasteiger partial charge < -0.3 is 0 Å². The molecule has 0 aromatic carbocycles. The predicted molar refractivity (Wildman–Crippen MR) is 67.5 cm³/mol. The summed E-state index contributed by atoms with van der Waals surface area (Å²) in [4.78, 5) is 12.9. The fourth-order valence-electron chi connectivity index (χ4n) is 0.765. The molecule has 0 saturated heterocycles. The van der Waals surface area contributed by atoms with E-state index < -0.39 is 4.65 Å². The Morgan fingerprint density at radius 2 is 1.81 bits per heavy atom. The molecule has 4 nitrogen and oxygen atoms in total. The van der Waals surface area contributed by atoms with E-state index in [9.17, 15) is 4.79 Å². The average Bonchev–Trinajstić information content (AvgIpc) is 2.18. The van der Waals surface area contributed by atoms with Crippen LogP contribution in [0.2, 0.25) is 0 Å². The summed E-state index contributed by atoms with van der Waals surface area (Å²) in [6.07, 6.45) is 1.44. The van der Waals surface area contributed by atoms with Crippen LogP contribution in [-0.2, 0) is 18.6 Å². The van der Waals surface area contributed by atoms with E-state index in [-0.39, 0.29) is 20.5 Å². The van der Waals surface area contributed by atoms with Gasteiger partial charge in [0, 0.05) is 0 Å². The molecule has 0 bridgehead atoms. The Balaban J connectivity index is 4.21. The van der Waals surface area contributed by atoms with E-state index in [1.165, 1.54) is 6.08 Å². The molecule has 0 aromatic heterocycles. The number of carbonyl (C=O) groups is 1. The van der Waals surface area contributed by atoms with Crippen LogP contribution >= 0.6 is 4.65 Å². The fraction of sp³-hybridized carbons (Fsp3) is 0.667. The second-order valence-corrected chi connectivity index (χ2v) is 15.5. The molecule has 16 heavy (non-hydrogen) atoms. The minimum absolute atomic E-state index is 0.00815. The van der Waals surface area contributed by atoms with Gasteiger partial charge in [0.2, 0.25) is 0 Å². The van der Waals surface area contributed by atoms with Crippen molar-refractivity contribution in [2.24, 2.45) is 0 Å². The molecule has 0 saturated carbocycles. The molecule has 7 heteroatoms. The van der Waals surface area contributed by atoms with Crippen LogP contribution in [0, 0.1) is 0 Å². The number of ether oxygens (including phenoxy) is 1. The Labute approximate surface area is 110 Å². The van der Waals surface area contributed by atoms with Gasteiger partial charge in [-0.15, -0.1) is 0 Å². The molecule has 0 amide bonds. The van der Waals surface area contributed by atoms with Crippen LogP contribution in [-0.4, -0.2) is 55.4 Å². The molecular formula is C9H17O4PSe2. The molecule has 0 aliphatic heterocycles. The van der Waals surface area contributed by atoms with Crippen molar-refractivity contribution < 1.29 is 18.6 Å². The van der Waals surface area contributed by atoms with E-state index in [4.69, 9.17) is 13.8 Å². The van der Waals surface area contributed by atoms with Crippen molar-refractivity contribution in [3.05, 3.63) is 11.1 Å². The molecule has 0 aliphatic rings. The van der Waals surface area contributed by atoms with Gasteiger partial charge in [-0.05, 0) is 0 Å². The van der Waals surface area contributed by atoms with Crippen molar-refractivity contribution in [3.8, 4) is 0 Å². The summed E-state index contributed by atoms with van der Waals surface area (Å²) in [5.41, 5.74) is 0. The van der Waals surface area contributed by atoms with Gasteiger partial charge in [0.15, 0.2) is 0 Å². The Morgan fingerprint density at radius 3 is 2.25 bits per heavy atom. The number of esters is 1. The number of carbonyl (C=O) groups excluding carboxylic acids is 1. The van der Waals surface area contributed by atoms with Gasteiger partial charge in [-0.25, -0.2) is 0 Å². The Bertz CT molecular complexity index is 271. The molecule has 0 fully saturated rings. The first kappa shape index (κ1) is 16.6. The summed E-state index contributed by atoms with van der Waals surface area (Å²) in [7, 11) is 0. The van der Waals surface area contributed by atoms with E-state index in [0.717, 1.165) is 0 Å². The Hall–Kier alpha value is 0.599. The predicted octanol–water partition coefficient (Wildman–Crippen LogP) is 1.69. The molecule has 0 heterocycles. The van der Waals surface area contributed by atoms with Crippen molar-refractivity contribution in [3.63, 3.8) is 0 Å². The molecule has 0 atom stereocenters. The van der Waals surface area contributed by atoms with Crippen molar-refractivity contribution in [2.75, 3.05) is 19.8 Å². The van der Waals surface area contributed by atoms with Crippen LogP contribution in [0.25, 0.3) is 0 Å². The quantitative estimate of drug-likeness (QED) is 0.279. The second-order valence-electron chi connectivity index (χ2n) is 2.44. The van der Waals surface area contributed by atoms with Crippen molar-refractivity contribution >= 4 is 40.2 Å². The van der Waals surface area contributed by atoms with Crippen LogP contribution < -0.4 is 0 Å². The topological polar surface area (TPSA) is 44.8 Å². The van der Waals surface area contributed by atoms with Crippen molar-refractivity contribution in [1.29, 1.82) is 0 Å². The summed E-state index contributed by atoms with van der Waals surface area (Å²) < 4.78 is 14.0. The molecule has 0 spiro atoms. The zero-order valence-electron chi connectivity index (χ0n) is 9.67.